The predicted molar refractivity (Wildman–Crippen MR) is 88.8 cm³/mol. The average Bonchev–Trinajstić information content (AvgIpc) is 3.03. The number of hydrogen-bond donors (Lipinski definition) is 1. The van der Waals surface area contributed by atoms with E-state index in [0.29, 0.717) is 5.02 Å². The zero-order valence-corrected chi connectivity index (χ0v) is 14.0. The zero-order valence-electron chi connectivity index (χ0n) is 10.8. The highest BCUT2D eigenvalue weighted by Crippen LogP contribution is 2.36. The maximum atomic E-state index is 6.19. The van der Waals surface area contributed by atoms with Gasteiger partial charge < -0.3 is 9.73 Å². The molecule has 0 aliphatic carbocycles. The predicted octanol–water partition coefficient (Wildman–Crippen LogP) is 5.61. The van der Waals surface area contributed by atoms with Crippen LogP contribution in [0.3, 0.4) is 0 Å². The van der Waals surface area contributed by atoms with Gasteiger partial charge in [-0.05, 0) is 46.1 Å². The molecule has 2 heterocycles. The normalized spacial score (nSPS) is 12.9. The molecule has 5 heteroatoms. The molecule has 0 radical (unpaired) electrons. The highest BCUT2D eigenvalue weighted by atomic mass is 79.9. The molecule has 0 bridgehead atoms. The number of thiophene rings is 1. The lowest BCUT2D eigenvalue weighted by atomic mass is 10.1. The summed E-state index contributed by atoms with van der Waals surface area (Å²) < 4.78 is 7.08. The summed E-state index contributed by atoms with van der Waals surface area (Å²) >= 11 is 11.5. The quantitative estimate of drug-likeness (QED) is 0.646. The highest BCUT2D eigenvalue weighted by molar-refractivity contribution is 9.10. The minimum atomic E-state index is 0.0397. The largest absolute Gasteiger partial charge is 0.457 e. The Morgan fingerprint density at radius 3 is 2.90 bits per heavy atom. The summed E-state index contributed by atoms with van der Waals surface area (Å²) in [6.07, 6.45) is 0. The second-order valence-electron chi connectivity index (χ2n) is 4.43. The van der Waals surface area contributed by atoms with Crippen molar-refractivity contribution in [2.75, 3.05) is 6.54 Å². The van der Waals surface area contributed by atoms with E-state index in [1.807, 2.05) is 18.2 Å². The van der Waals surface area contributed by atoms with Crippen LogP contribution < -0.4 is 5.32 Å². The fourth-order valence-corrected chi connectivity index (χ4v) is 4.13. The number of rotatable bonds is 4. The van der Waals surface area contributed by atoms with Gasteiger partial charge in [0.2, 0.25) is 0 Å². The first-order chi connectivity index (χ1) is 9.70. The van der Waals surface area contributed by atoms with Crippen molar-refractivity contribution < 1.29 is 4.42 Å². The molecule has 1 aromatic carbocycles. The van der Waals surface area contributed by atoms with E-state index in [2.05, 4.69) is 45.7 Å². The van der Waals surface area contributed by atoms with Crippen LogP contribution in [0.25, 0.3) is 11.0 Å². The molecule has 3 aromatic rings. The summed E-state index contributed by atoms with van der Waals surface area (Å²) in [7, 11) is 0. The SMILES string of the molecule is CCNC(c1cc2cccc(Cl)c2o1)c1sccc1Br. The Hall–Kier alpha value is -0.810. The van der Waals surface area contributed by atoms with Crippen LogP contribution in [0.15, 0.2) is 44.6 Å². The molecule has 0 aliphatic heterocycles. The number of hydrogen-bond acceptors (Lipinski definition) is 3. The van der Waals surface area contributed by atoms with Gasteiger partial charge in [-0.1, -0.05) is 30.7 Å². The summed E-state index contributed by atoms with van der Waals surface area (Å²) in [6.45, 7) is 2.95. The maximum absolute atomic E-state index is 6.19. The maximum Gasteiger partial charge on any atom is 0.152 e. The van der Waals surface area contributed by atoms with E-state index in [-0.39, 0.29) is 6.04 Å². The van der Waals surface area contributed by atoms with Gasteiger partial charge in [-0.15, -0.1) is 11.3 Å². The van der Waals surface area contributed by atoms with Crippen molar-refractivity contribution >= 4 is 49.8 Å². The molecular formula is C15H13BrClNOS. The van der Waals surface area contributed by atoms with Crippen molar-refractivity contribution in [3.8, 4) is 0 Å². The molecule has 2 nitrogen and oxygen atoms in total. The van der Waals surface area contributed by atoms with Crippen molar-refractivity contribution in [2.24, 2.45) is 0 Å². The Balaban J connectivity index is 2.10. The van der Waals surface area contributed by atoms with Gasteiger partial charge in [0.05, 0.1) is 5.02 Å². The van der Waals surface area contributed by atoms with Crippen molar-refractivity contribution in [3.63, 3.8) is 0 Å². The smallest absolute Gasteiger partial charge is 0.152 e. The van der Waals surface area contributed by atoms with Crippen LogP contribution in [0.1, 0.15) is 23.6 Å². The first-order valence-electron chi connectivity index (χ1n) is 6.35. The van der Waals surface area contributed by atoms with Gasteiger partial charge in [-0.2, -0.15) is 0 Å². The monoisotopic (exact) mass is 369 g/mol. The fraction of sp³-hybridized carbons (Fsp3) is 0.200. The van der Waals surface area contributed by atoms with Crippen LogP contribution in [0.5, 0.6) is 0 Å². The second-order valence-corrected chi connectivity index (χ2v) is 6.64. The average molecular weight is 371 g/mol. The molecule has 104 valence electrons. The molecule has 3 rings (SSSR count). The third kappa shape index (κ3) is 2.53. The van der Waals surface area contributed by atoms with E-state index in [1.165, 1.54) is 4.88 Å². The van der Waals surface area contributed by atoms with Crippen LogP contribution in [-0.4, -0.2) is 6.54 Å². The lowest BCUT2D eigenvalue weighted by Crippen LogP contribution is -2.20. The van der Waals surface area contributed by atoms with Gasteiger partial charge in [0, 0.05) is 14.7 Å². The van der Waals surface area contributed by atoms with E-state index in [4.69, 9.17) is 16.0 Å². The van der Waals surface area contributed by atoms with Crippen LogP contribution in [-0.2, 0) is 0 Å². The van der Waals surface area contributed by atoms with E-state index >= 15 is 0 Å². The summed E-state index contributed by atoms with van der Waals surface area (Å²) in [5.41, 5.74) is 0.750. The Bertz CT molecular complexity index is 736. The van der Waals surface area contributed by atoms with Crippen molar-refractivity contribution in [1.82, 2.24) is 5.32 Å². The number of para-hydroxylation sites is 1. The van der Waals surface area contributed by atoms with Crippen LogP contribution in [0, 0.1) is 0 Å². The zero-order chi connectivity index (χ0) is 14.1. The topological polar surface area (TPSA) is 25.2 Å². The molecule has 1 atom stereocenters. The van der Waals surface area contributed by atoms with E-state index in [9.17, 15) is 0 Å². The van der Waals surface area contributed by atoms with Crippen LogP contribution in [0.2, 0.25) is 5.02 Å². The number of nitrogens with one attached hydrogen (secondary N) is 1. The summed E-state index contributed by atoms with van der Waals surface area (Å²) in [5.74, 6) is 0.887. The first-order valence-corrected chi connectivity index (χ1v) is 8.40. The molecule has 20 heavy (non-hydrogen) atoms. The standard InChI is InChI=1S/C15H13BrClNOS/c1-2-18-13(15-10(16)6-7-20-15)12-8-9-4-3-5-11(17)14(9)19-12/h3-8,13,18H,2H2,1H3. The molecule has 0 aliphatic rings. The molecule has 1 unspecified atom stereocenters. The van der Waals surface area contributed by atoms with E-state index in [1.54, 1.807) is 11.3 Å². The van der Waals surface area contributed by atoms with Gasteiger partial charge in [0.1, 0.15) is 11.8 Å². The first kappa shape index (κ1) is 14.1. The van der Waals surface area contributed by atoms with E-state index in [0.717, 1.165) is 27.7 Å². The molecule has 0 saturated heterocycles. The summed E-state index contributed by atoms with van der Waals surface area (Å²) in [5, 5.41) is 7.21. The summed E-state index contributed by atoms with van der Waals surface area (Å²) in [4.78, 5) is 1.21. The minimum absolute atomic E-state index is 0.0397. The Labute approximate surface area is 134 Å². The van der Waals surface area contributed by atoms with Gasteiger partial charge in [0.25, 0.3) is 0 Å². The molecule has 0 saturated carbocycles. The van der Waals surface area contributed by atoms with E-state index < -0.39 is 0 Å². The van der Waals surface area contributed by atoms with Gasteiger partial charge in [-0.25, -0.2) is 0 Å². The van der Waals surface area contributed by atoms with Crippen molar-refractivity contribution in [3.05, 3.63) is 55.8 Å². The second kappa shape index (κ2) is 5.90. The van der Waals surface area contributed by atoms with Gasteiger partial charge >= 0.3 is 0 Å². The molecule has 0 amide bonds. The molecule has 2 aromatic heterocycles. The number of fused-ring (bicyclic) bond motifs is 1. The third-order valence-corrected chi connectivity index (χ3v) is 5.35. The van der Waals surface area contributed by atoms with Gasteiger partial charge in [0.15, 0.2) is 5.58 Å². The molecular weight excluding hydrogens is 358 g/mol. The Morgan fingerprint density at radius 2 is 2.25 bits per heavy atom. The minimum Gasteiger partial charge on any atom is -0.457 e. The van der Waals surface area contributed by atoms with Crippen molar-refractivity contribution in [1.29, 1.82) is 0 Å². The van der Waals surface area contributed by atoms with Crippen LogP contribution >= 0.6 is 38.9 Å². The lowest BCUT2D eigenvalue weighted by Gasteiger charge is -2.14. The Morgan fingerprint density at radius 1 is 1.40 bits per heavy atom. The number of halogens is 2. The highest BCUT2D eigenvalue weighted by Gasteiger charge is 2.21. The molecule has 0 spiro atoms. The Kier molecular flexibility index (Phi) is 4.17. The third-order valence-electron chi connectivity index (χ3n) is 3.11. The fourth-order valence-electron chi connectivity index (χ4n) is 2.23. The van der Waals surface area contributed by atoms with Gasteiger partial charge in [-0.3, -0.25) is 0 Å². The summed E-state index contributed by atoms with van der Waals surface area (Å²) in [6, 6.07) is 9.95. The molecule has 1 N–H and O–H groups in total. The number of benzene rings is 1. The molecule has 0 fully saturated rings. The van der Waals surface area contributed by atoms with Crippen molar-refractivity contribution in [2.45, 2.75) is 13.0 Å². The number of furan rings is 1. The van der Waals surface area contributed by atoms with Crippen LogP contribution in [0.4, 0.5) is 0 Å². The lowest BCUT2D eigenvalue weighted by molar-refractivity contribution is 0.480.